The third-order valence-corrected chi connectivity index (χ3v) is 4.27. The molecule has 0 atom stereocenters. The second-order valence-corrected chi connectivity index (χ2v) is 6.08. The molecule has 0 bridgehead atoms. The Hall–Kier alpha value is -2.41. The molecule has 0 unspecified atom stereocenters. The van der Waals surface area contributed by atoms with Crippen LogP contribution in [0.25, 0.3) is 0 Å². The highest BCUT2D eigenvalue weighted by atomic mass is 32.1. The van der Waals surface area contributed by atoms with Gasteiger partial charge < -0.3 is 14.8 Å². The van der Waals surface area contributed by atoms with Gasteiger partial charge in [-0.1, -0.05) is 0 Å². The minimum absolute atomic E-state index is 0.0818. The van der Waals surface area contributed by atoms with Crippen molar-refractivity contribution in [2.45, 2.75) is 19.3 Å². The van der Waals surface area contributed by atoms with Gasteiger partial charge in [-0.3, -0.25) is 9.59 Å². The number of carbonyl (C=O) groups excluding carboxylic acids is 2. The molecule has 1 N–H and O–H groups in total. The van der Waals surface area contributed by atoms with Crippen molar-refractivity contribution in [3.63, 3.8) is 0 Å². The number of carbonyl (C=O) groups is 2. The molecule has 0 aliphatic carbocycles. The van der Waals surface area contributed by atoms with Gasteiger partial charge in [0.15, 0.2) is 17.3 Å². The van der Waals surface area contributed by atoms with Crippen molar-refractivity contribution in [3.05, 3.63) is 40.3 Å². The molecular formula is C17H18N2O4S. The highest BCUT2D eigenvalue weighted by molar-refractivity contribution is 7.07. The number of thiazole rings is 1. The summed E-state index contributed by atoms with van der Waals surface area (Å²) in [6.45, 7) is 1.52. The Kier molecular flexibility index (Phi) is 5.43. The van der Waals surface area contributed by atoms with Crippen molar-refractivity contribution in [1.82, 2.24) is 10.3 Å². The molecular weight excluding hydrogens is 328 g/mol. The Labute approximate surface area is 143 Å². The van der Waals surface area contributed by atoms with Crippen LogP contribution in [0.3, 0.4) is 0 Å². The van der Waals surface area contributed by atoms with Crippen LogP contribution in [0.4, 0.5) is 0 Å². The van der Waals surface area contributed by atoms with E-state index in [1.54, 1.807) is 23.7 Å². The van der Waals surface area contributed by atoms with E-state index < -0.39 is 0 Å². The number of nitrogens with one attached hydrogen (secondary N) is 1. The highest BCUT2D eigenvalue weighted by Crippen LogP contribution is 2.31. The monoisotopic (exact) mass is 346 g/mol. The molecule has 126 valence electrons. The van der Waals surface area contributed by atoms with Gasteiger partial charge in [0.25, 0.3) is 0 Å². The average Bonchev–Trinajstić information content (AvgIpc) is 3.12. The predicted octanol–water partition coefficient (Wildman–Crippen LogP) is 2.24. The van der Waals surface area contributed by atoms with Crippen LogP contribution in [0.15, 0.2) is 29.1 Å². The summed E-state index contributed by atoms with van der Waals surface area (Å²) in [4.78, 5) is 28.2. The molecule has 0 saturated carbocycles. The summed E-state index contributed by atoms with van der Waals surface area (Å²) in [5.41, 5.74) is 3.27. The van der Waals surface area contributed by atoms with Crippen molar-refractivity contribution >= 4 is 23.0 Å². The Morgan fingerprint density at radius 1 is 1.17 bits per heavy atom. The van der Waals surface area contributed by atoms with E-state index in [2.05, 4.69) is 10.3 Å². The number of ketones is 1. The summed E-state index contributed by atoms with van der Waals surface area (Å²) >= 11 is 1.53. The molecule has 1 aromatic carbocycles. The highest BCUT2D eigenvalue weighted by Gasteiger charge is 2.15. The number of benzene rings is 1. The maximum atomic E-state index is 12.2. The lowest BCUT2D eigenvalue weighted by Crippen LogP contribution is -2.26. The maximum Gasteiger partial charge on any atom is 0.220 e. The summed E-state index contributed by atoms with van der Waals surface area (Å²) in [5.74, 6) is 1.02. The zero-order valence-electron chi connectivity index (χ0n) is 13.1. The average molecular weight is 346 g/mol. The lowest BCUT2D eigenvalue weighted by atomic mass is 10.1. The Morgan fingerprint density at radius 3 is 2.79 bits per heavy atom. The molecule has 3 rings (SSSR count). The summed E-state index contributed by atoms with van der Waals surface area (Å²) < 4.78 is 10.9. The van der Waals surface area contributed by atoms with E-state index in [0.717, 1.165) is 5.69 Å². The molecule has 2 heterocycles. The van der Waals surface area contributed by atoms with Crippen molar-refractivity contribution in [3.8, 4) is 11.5 Å². The number of aromatic nitrogens is 1. The smallest absolute Gasteiger partial charge is 0.220 e. The van der Waals surface area contributed by atoms with Crippen LogP contribution in [0, 0.1) is 0 Å². The largest absolute Gasteiger partial charge is 0.486 e. The molecule has 7 heteroatoms. The van der Waals surface area contributed by atoms with Gasteiger partial charge in [-0.05, 0) is 18.2 Å². The van der Waals surface area contributed by atoms with Gasteiger partial charge in [0, 0.05) is 36.8 Å². The maximum absolute atomic E-state index is 12.2. The zero-order chi connectivity index (χ0) is 16.8. The van der Waals surface area contributed by atoms with Crippen molar-refractivity contribution in [2.24, 2.45) is 0 Å². The summed E-state index contributed by atoms with van der Waals surface area (Å²) in [6, 6.07) is 5.11. The summed E-state index contributed by atoms with van der Waals surface area (Å²) in [6.07, 6.45) is 1.04. The van der Waals surface area contributed by atoms with E-state index >= 15 is 0 Å². The van der Waals surface area contributed by atoms with E-state index in [-0.39, 0.29) is 24.5 Å². The first-order chi connectivity index (χ1) is 11.7. The topological polar surface area (TPSA) is 77.5 Å². The molecule has 0 saturated heterocycles. The van der Waals surface area contributed by atoms with E-state index in [1.165, 1.54) is 11.3 Å². The molecule has 24 heavy (non-hydrogen) atoms. The number of Topliss-reactive ketones (excluding diaryl/α,β-unsaturated/α-hetero) is 1. The number of amides is 1. The Balaban J connectivity index is 1.44. The number of ether oxygens (including phenoxy) is 2. The molecule has 6 nitrogen and oxygen atoms in total. The fourth-order valence-corrected chi connectivity index (χ4v) is 2.96. The number of fused-ring (bicyclic) bond motifs is 1. The van der Waals surface area contributed by atoms with E-state index in [1.807, 2.05) is 5.38 Å². The van der Waals surface area contributed by atoms with Crippen LogP contribution in [-0.2, 0) is 11.2 Å². The third kappa shape index (κ3) is 4.32. The fraction of sp³-hybridized carbons (Fsp3) is 0.353. The van der Waals surface area contributed by atoms with Gasteiger partial charge in [-0.15, -0.1) is 11.3 Å². The molecule has 0 spiro atoms. The lowest BCUT2D eigenvalue weighted by molar-refractivity contribution is -0.121. The van der Waals surface area contributed by atoms with Crippen LogP contribution >= 0.6 is 11.3 Å². The number of hydrogen-bond donors (Lipinski definition) is 1. The van der Waals surface area contributed by atoms with E-state index in [0.29, 0.717) is 43.2 Å². The minimum atomic E-state index is -0.129. The quantitative estimate of drug-likeness (QED) is 0.778. The van der Waals surface area contributed by atoms with Gasteiger partial charge in [-0.25, -0.2) is 4.98 Å². The van der Waals surface area contributed by atoms with Gasteiger partial charge in [-0.2, -0.15) is 0 Å². The third-order valence-electron chi connectivity index (χ3n) is 3.63. The van der Waals surface area contributed by atoms with Crippen molar-refractivity contribution in [1.29, 1.82) is 0 Å². The van der Waals surface area contributed by atoms with E-state index in [4.69, 9.17) is 9.47 Å². The molecule has 1 aliphatic heterocycles. The SMILES string of the molecule is O=C(CCC(=O)c1ccc2c(c1)OCCO2)NCCc1cscn1. The van der Waals surface area contributed by atoms with Gasteiger partial charge in [0.2, 0.25) is 5.91 Å². The second-order valence-electron chi connectivity index (χ2n) is 5.36. The molecule has 0 radical (unpaired) electrons. The zero-order valence-corrected chi connectivity index (χ0v) is 13.9. The van der Waals surface area contributed by atoms with Gasteiger partial charge >= 0.3 is 0 Å². The van der Waals surface area contributed by atoms with Crippen LogP contribution in [0.1, 0.15) is 28.9 Å². The summed E-state index contributed by atoms with van der Waals surface area (Å²) in [5, 5.41) is 4.76. The number of hydrogen-bond acceptors (Lipinski definition) is 6. The lowest BCUT2D eigenvalue weighted by Gasteiger charge is -2.18. The van der Waals surface area contributed by atoms with Crippen LogP contribution in [0.5, 0.6) is 11.5 Å². The number of rotatable bonds is 7. The summed E-state index contributed by atoms with van der Waals surface area (Å²) in [7, 11) is 0. The second kappa shape index (κ2) is 7.92. The van der Waals surface area contributed by atoms with Crippen molar-refractivity contribution < 1.29 is 19.1 Å². The number of nitrogens with zero attached hydrogens (tertiary/aromatic N) is 1. The molecule has 1 amide bonds. The van der Waals surface area contributed by atoms with Crippen molar-refractivity contribution in [2.75, 3.05) is 19.8 Å². The fourth-order valence-electron chi connectivity index (χ4n) is 2.37. The Bertz CT molecular complexity index is 715. The molecule has 1 aliphatic rings. The van der Waals surface area contributed by atoms with E-state index in [9.17, 15) is 9.59 Å². The molecule has 0 fully saturated rings. The van der Waals surface area contributed by atoms with Gasteiger partial charge in [0.1, 0.15) is 13.2 Å². The van der Waals surface area contributed by atoms with Crippen LogP contribution in [-0.4, -0.2) is 36.4 Å². The van der Waals surface area contributed by atoms with Crippen LogP contribution in [0.2, 0.25) is 0 Å². The normalized spacial score (nSPS) is 12.7. The first-order valence-electron chi connectivity index (χ1n) is 7.79. The molecule has 2 aromatic rings. The first kappa shape index (κ1) is 16.4. The minimum Gasteiger partial charge on any atom is -0.486 e. The first-order valence-corrected chi connectivity index (χ1v) is 8.73. The van der Waals surface area contributed by atoms with Crippen LogP contribution < -0.4 is 14.8 Å². The molecule has 1 aromatic heterocycles. The predicted molar refractivity (Wildman–Crippen MR) is 89.8 cm³/mol. The standard InChI is InChI=1S/C17H18N2O4S/c20-14(12-1-3-15-16(9-12)23-8-7-22-15)2-4-17(21)18-6-5-13-10-24-11-19-13/h1,3,9-11H,2,4-8H2,(H,18,21). The van der Waals surface area contributed by atoms with Gasteiger partial charge in [0.05, 0.1) is 11.2 Å². The Morgan fingerprint density at radius 2 is 2.00 bits per heavy atom.